The van der Waals surface area contributed by atoms with Gasteiger partial charge in [0.1, 0.15) is 0 Å². The molecule has 16 bridgehead atoms. The minimum atomic E-state index is -0.131. The van der Waals surface area contributed by atoms with Crippen LogP contribution in [0.4, 0.5) is 0 Å². The standard InChI is InChI=1S/C78H72N10/c1-75(2,3)49-37-47(38-50(41-49)76(4,5)6)71-59-19-15-55(83-59)43-53-13-17-57(81-53)69(45-29-33-79-34-30-45)61-21-25-65(85-61)73(67-27-23-63(71)87-67)74-66-26-22-62(86-66)70(46-31-35-80-36-32-46)58-18-14-54(82-58)44-56-16-20-60(84-56)72(64-24-28-68(74)88-64)48-39-51(77(7,8)9)42-52(40-48)78(10,11)12/h13-44,81-82,87-88H,1-12H3. The van der Waals surface area contributed by atoms with Crippen molar-refractivity contribution in [2.75, 3.05) is 0 Å². The molecule has 0 saturated heterocycles. The molecule has 4 aliphatic rings. The smallest absolute Gasteiger partial charge is 0.0738 e. The molecule has 14 rings (SSSR count). The van der Waals surface area contributed by atoms with Crippen LogP contribution in [0.2, 0.25) is 0 Å². The van der Waals surface area contributed by atoms with E-state index >= 15 is 0 Å². The maximum Gasteiger partial charge on any atom is 0.0738 e. The minimum Gasteiger partial charge on any atom is -0.355 e. The number of H-pyrrole nitrogens is 4. The number of pyridine rings is 2. The van der Waals surface area contributed by atoms with Crippen molar-refractivity contribution < 1.29 is 0 Å². The summed E-state index contributed by atoms with van der Waals surface area (Å²) in [4.78, 5) is 47.1. The van der Waals surface area contributed by atoms with Gasteiger partial charge in [-0.15, -0.1) is 0 Å². The molecule has 0 amide bonds. The lowest BCUT2D eigenvalue weighted by atomic mass is 9.78. The van der Waals surface area contributed by atoms with E-state index in [4.69, 9.17) is 19.9 Å². The summed E-state index contributed by atoms with van der Waals surface area (Å²) in [6, 6.07) is 44.0. The Bertz CT molecular complexity index is 4610. The van der Waals surface area contributed by atoms with E-state index in [2.05, 4.69) is 259 Å². The molecule has 4 N–H and O–H groups in total. The van der Waals surface area contributed by atoms with E-state index in [1.807, 2.05) is 49.1 Å². The number of hydrogen-bond acceptors (Lipinski definition) is 6. The summed E-state index contributed by atoms with van der Waals surface area (Å²) in [6.07, 6.45) is 24.5. The summed E-state index contributed by atoms with van der Waals surface area (Å²) < 4.78 is 0. The van der Waals surface area contributed by atoms with Crippen molar-refractivity contribution in [2.24, 2.45) is 0 Å². The Labute approximate surface area is 514 Å². The Morgan fingerprint density at radius 1 is 0.250 bits per heavy atom. The number of fused-ring (bicyclic) bond motifs is 16. The molecule has 8 aromatic heterocycles. The third kappa shape index (κ3) is 10.5. The fourth-order valence-electron chi connectivity index (χ4n) is 12.3. The largest absolute Gasteiger partial charge is 0.355 e. The Hall–Kier alpha value is -10.1. The van der Waals surface area contributed by atoms with E-state index in [-0.39, 0.29) is 21.7 Å². The third-order valence-corrected chi connectivity index (χ3v) is 17.2. The van der Waals surface area contributed by atoms with Crippen molar-refractivity contribution in [2.45, 2.75) is 105 Å². The molecule has 0 spiro atoms. The Morgan fingerprint density at radius 3 is 0.864 bits per heavy atom. The molecule has 10 nitrogen and oxygen atoms in total. The van der Waals surface area contributed by atoms with Crippen LogP contribution in [0.25, 0.3) is 148 Å². The monoisotopic (exact) mass is 1150 g/mol. The predicted molar refractivity (Wildman–Crippen MR) is 369 cm³/mol. The highest BCUT2D eigenvalue weighted by atomic mass is 14.8. The molecule has 0 radical (unpaired) electrons. The Balaban J connectivity index is 1.18. The molecular formula is C78H72N10. The number of nitrogens with one attached hydrogen (secondary N) is 4. The molecule has 0 fully saturated rings. The molecule has 10 aromatic rings. The van der Waals surface area contributed by atoms with Gasteiger partial charge < -0.3 is 19.9 Å². The van der Waals surface area contributed by atoms with E-state index in [1.165, 1.54) is 22.3 Å². The molecule has 0 saturated carbocycles. The van der Waals surface area contributed by atoms with Crippen LogP contribution in [0.1, 0.15) is 151 Å². The van der Waals surface area contributed by atoms with E-state index < -0.39 is 0 Å². The van der Waals surface area contributed by atoms with Crippen molar-refractivity contribution in [1.29, 1.82) is 0 Å². The van der Waals surface area contributed by atoms with Gasteiger partial charge in [-0.2, -0.15) is 0 Å². The molecule has 0 unspecified atom stereocenters. The number of benzene rings is 2. The fraction of sp³-hybridized carbons (Fsp3) is 0.205. The predicted octanol–water partition coefficient (Wildman–Crippen LogP) is 19.9. The van der Waals surface area contributed by atoms with E-state index in [0.717, 1.165) is 145 Å². The van der Waals surface area contributed by atoms with Gasteiger partial charge in [0, 0.05) is 102 Å². The van der Waals surface area contributed by atoms with Crippen LogP contribution in [0, 0.1) is 0 Å². The van der Waals surface area contributed by atoms with Crippen molar-refractivity contribution in [1.82, 2.24) is 49.8 Å². The molecule has 0 aliphatic carbocycles. The lowest BCUT2D eigenvalue weighted by Crippen LogP contribution is -2.16. The second-order valence-corrected chi connectivity index (χ2v) is 27.8. The van der Waals surface area contributed by atoms with Crippen LogP contribution in [0.5, 0.6) is 0 Å². The van der Waals surface area contributed by atoms with Gasteiger partial charge in [-0.3, -0.25) is 9.97 Å². The average Bonchev–Trinajstić information content (AvgIpc) is 2.75. The van der Waals surface area contributed by atoms with Crippen molar-refractivity contribution in [3.8, 4) is 55.6 Å². The number of aromatic nitrogens is 10. The highest BCUT2D eigenvalue weighted by Gasteiger charge is 2.27. The summed E-state index contributed by atoms with van der Waals surface area (Å²) >= 11 is 0. The van der Waals surface area contributed by atoms with Crippen molar-refractivity contribution >= 4 is 92.7 Å². The summed E-state index contributed by atoms with van der Waals surface area (Å²) in [5.41, 5.74) is 28.0. The summed E-state index contributed by atoms with van der Waals surface area (Å²) in [6.45, 7) is 27.5. The first-order valence-electron chi connectivity index (χ1n) is 30.5. The first kappa shape index (κ1) is 55.8. The lowest BCUT2D eigenvalue weighted by Gasteiger charge is -2.26. The summed E-state index contributed by atoms with van der Waals surface area (Å²) in [5.74, 6) is 0. The van der Waals surface area contributed by atoms with Gasteiger partial charge in [-0.25, -0.2) is 19.9 Å². The zero-order chi connectivity index (χ0) is 61.0. The van der Waals surface area contributed by atoms with Gasteiger partial charge in [0.15, 0.2) is 0 Å². The van der Waals surface area contributed by atoms with Crippen LogP contribution in [-0.2, 0) is 21.7 Å². The van der Waals surface area contributed by atoms with E-state index in [1.54, 1.807) is 0 Å². The van der Waals surface area contributed by atoms with Crippen molar-refractivity contribution in [3.05, 3.63) is 214 Å². The number of aromatic amines is 4. The van der Waals surface area contributed by atoms with Gasteiger partial charge >= 0.3 is 0 Å². The summed E-state index contributed by atoms with van der Waals surface area (Å²) in [7, 11) is 0. The molecule has 12 heterocycles. The van der Waals surface area contributed by atoms with Gasteiger partial charge in [-0.05, 0) is 200 Å². The molecule has 10 heteroatoms. The third-order valence-electron chi connectivity index (χ3n) is 17.2. The van der Waals surface area contributed by atoms with Gasteiger partial charge in [0.25, 0.3) is 0 Å². The number of nitrogens with zero attached hydrogens (tertiary/aromatic N) is 6. The van der Waals surface area contributed by atoms with E-state index in [9.17, 15) is 0 Å². The molecule has 88 heavy (non-hydrogen) atoms. The Morgan fingerprint density at radius 2 is 0.523 bits per heavy atom. The first-order chi connectivity index (χ1) is 42.1. The average molecular weight is 1150 g/mol. The normalized spacial score (nSPS) is 13.3. The zero-order valence-corrected chi connectivity index (χ0v) is 52.2. The highest BCUT2D eigenvalue weighted by molar-refractivity contribution is 6.05. The molecule has 0 atom stereocenters. The summed E-state index contributed by atoms with van der Waals surface area (Å²) in [5, 5.41) is 0. The highest BCUT2D eigenvalue weighted by Crippen LogP contribution is 2.44. The maximum atomic E-state index is 5.76. The van der Waals surface area contributed by atoms with Crippen LogP contribution >= 0.6 is 0 Å². The van der Waals surface area contributed by atoms with Crippen LogP contribution in [0.15, 0.2) is 146 Å². The van der Waals surface area contributed by atoms with Crippen molar-refractivity contribution in [3.63, 3.8) is 0 Å². The first-order valence-corrected chi connectivity index (χ1v) is 30.5. The number of hydrogen-bond donors (Lipinski definition) is 4. The van der Waals surface area contributed by atoms with Crippen LogP contribution in [0.3, 0.4) is 0 Å². The second-order valence-electron chi connectivity index (χ2n) is 27.8. The molecule has 434 valence electrons. The quantitative estimate of drug-likeness (QED) is 0.135. The second kappa shape index (κ2) is 20.8. The zero-order valence-electron chi connectivity index (χ0n) is 52.2. The van der Waals surface area contributed by atoms with Crippen LogP contribution < -0.4 is 0 Å². The molecule has 4 aliphatic heterocycles. The number of rotatable bonds is 5. The molecular weight excluding hydrogens is 1080 g/mol. The maximum absolute atomic E-state index is 5.76. The SMILES string of the molecule is CC(C)(C)c1cc(-c2c3nc(cc4ccc([nH]4)c(-c4ccncc4)c4nc(c(-c5c6nc(c(-c7ccncc7)c7ccc(cc8nc(c(-c9cc(C(C)(C)C)cc(C(C)(C)C)c9)c9ccc5[nH]9)C=C8)[nH]7)C=C6)c5ccc2[nH]5)C=C4)C=C3)cc(C(C)(C)C)c1. The fourth-order valence-corrected chi connectivity index (χ4v) is 12.3. The Kier molecular flexibility index (Phi) is 13.2. The van der Waals surface area contributed by atoms with E-state index in [0.29, 0.717) is 0 Å². The van der Waals surface area contributed by atoms with Gasteiger partial charge in [0.2, 0.25) is 0 Å². The minimum absolute atomic E-state index is 0.131. The topological polar surface area (TPSA) is 140 Å². The lowest BCUT2D eigenvalue weighted by molar-refractivity contribution is 0.568. The van der Waals surface area contributed by atoms with Gasteiger partial charge in [-0.1, -0.05) is 119 Å². The molecule has 2 aromatic carbocycles. The van der Waals surface area contributed by atoms with Gasteiger partial charge in [0.05, 0.1) is 45.6 Å². The van der Waals surface area contributed by atoms with Crippen LogP contribution in [-0.4, -0.2) is 49.8 Å².